The smallest absolute Gasteiger partial charge is 0.0489 e. The van der Waals surface area contributed by atoms with E-state index >= 15 is 0 Å². The molecule has 2 aliphatic heterocycles. The molecule has 3 heteroatoms. The second-order valence-electron chi connectivity index (χ2n) is 9.24. The van der Waals surface area contributed by atoms with Gasteiger partial charge in [-0.2, -0.15) is 0 Å². The number of rotatable bonds is 6. The Labute approximate surface area is 167 Å². The monoisotopic (exact) mass is 371 g/mol. The molecule has 2 heterocycles. The summed E-state index contributed by atoms with van der Waals surface area (Å²) in [6.45, 7) is 7.72. The fourth-order valence-corrected chi connectivity index (χ4v) is 5.83. The Hall–Kier alpha value is -1.05. The van der Waals surface area contributed by atoms with Gasteiger partial charge in [0, 0.05) is 36.9 Å². The van der Waals surface area contributed by atoms with Gasteiger partial charge >= 0.3 is 0 Å². The van der Waals surface area contributed by atoms with Crippen LogP contribution < -0.4 is 5.73 Å². The largest absolute Gasteiger partial charge is 0.401 e. The topological polar surface area (TPSA) is 41.6 Å². The van der Waals surface area contributed by atoms with E-state index in [9.17, 15) is 0 Å². The highest BCUT2D eigenvalue weighted by atomic mass is 15.2. The molecule has 0 amide bonds. The standard InChI is InChI=1S/C24H41N3/c1-3-12-24(13-4-2)14-10-20(18-26-16-15-24)22-11-17-27(19-23(22)25)21-8-6-5-7-9-21/h21H,3-17,19,25H2,1-2H3. The molecule has 3 nitrogen and oxygen atoms in total. The Kier molecular flexibility index (Phi) is 7.61. The summed E-state index contributed by atoms with van der Waals surface area (Å²) in [6.07, 6.45) is 16.9. The third-order valence-corrected chi connectivity index (χ3v) is 7.30. The molecule has 152 valence electrons. The second kappa shape index (κ2) is 9.94. The summed E-state index contributed by atoms with van der Waals surface area (Å²) in [5, 5.41) is 0. The second-order valence-corrected chi connectivity index (χ2v) is 9.24. The zero-order valence-electron chi connectivity index (χ0n) is 17.9. The Morgan fingerprint density at radius 1 is 1.07 bits per heavy atom. The van der Waals surface area contributed by atoms with Gasteiger partial charge in [-0.15, -0.1) is 0 Å². The van der Waals surface area contributed by atoms with Crippen molar-refractivity contribution in [1.29, 1.82) is 0 Å². The molecule has 0 saturated heterocycles. The first-order chi connectivity index (χ1) is 13.2. The van der Waals surface area contributed by atoms with Gasteiger partial charge in [-0.3, -0.25) is 4.90 Å². The lowest BCUT2D eigenvalue weighted by molar-refractivity contribution is 0.162. The van der Waals surface area contributed by atoms with Crippen LogP contribution in [0.1, 0.15) is 97.3 Å². The summed E-state index contributed by atoms with van der Waals surface area (Å²) in [6, 6.07) is 0.764. The van der Waals surface area contributed by atoms with E-state index < -0.39 is 0 Å². The third-order valence-electron chi connectivity index (χ3n) is 7.30. The van der Waals surface area contributed by atoms with Gasteiger partial charge in [-0.05, 0) is 68.2 Å². The van der Waals surface area contributed by atoms with Gasteiger partial charge in [-0.1, -0.05) is 46.0 Å². The minimum absolute atomic E-state index is 0.485. The lowest BCUT2D eigenvalue weighted by Crippen LogP contribution is -2.43. The van der Waals surface area contributed by atoms with Crippen LogP contribution in [0.25, 0.3) is 0 Å². The van der Waals surface area contributed by atoms with Gasteiger partial charge in [0.2, 0.25) is 0 Å². The van der Waals surface area contributed by atoms with Crippen LogP contribution in [0.5, 0.6) is 0 Å². The van der Waals surface area contributed by atoms with E-state index in [1.165, 1.54) is 88.3 Å². The van der Waals surface area contributed by atoms with Crippen molar-refractivity contribution in [3.63, 3.8) is 0 Å². The first-order valence-corrected chi connectivity index (χ1v) is 11.7. The van der Waals surface area contributed by atoms with E-state index in [2.05, 4.69) is 24.6 Å². The number of hydrogen-bond acceptors (Lipinski definition) is 3. The maximum absolute atomic E-state index is 6.62. The van der Waals surface area contributed by atoms with E-state index in [4.69, 9.17) is 10.7 Å². The Morgan fingerprint density at radius 3 is 2.48 bits per heavy atom. The van der Waals surface area contributed by atoms with Crippen LogP contribution in [0.15, 0.2) is 21.8 Å². The minimum atomic E-state index is 0.485. The Morgan fingerprint density at radius 2 is 1.81 bits per heavy atom. The average Bonchev–Trinajstić information content (AvgIpc) is 2.67. The van der Waals surface area contributed by atoms with Crippen molar-refractivity contribution >= 4 is 5.87 Å². The number of nitrogens with zero attached hydrogens (tertiary/aromatic N) is 2. The summed E-state index contributed by atoms with van der Waals surface area (Å²) in [5.41, 5.74) is 10.9. The quantitative estimate of drug-likeness (QED) is 0.660. The van der Waals surface area contributed by atoms with Crippen LogP contribution in [-0.2, 0) is 0 Å². The maximum Gasteiger partial charge on any atom is 0.0489 e. The van der Waals surface area contributed by atoms with E-state index in [-0.39, 0.29) is 0 Å². The first kappa shape index (κ1) is 20.7. The highest BCUT2D eigenvalue weighted by Crippen LogP contribution is 2.41. The third kappa shape index (κ3) is 5.27. The summed E-state index contributed by atoms with van der Waals surface area (Å²) in [4.78, 5) is 7.35. The van der Waals surface area contributed by atoms with Gasteiger partial charge in [0.1, 0.15) is 0 Å². The van der Waals surface area contributed by atoms with Crippen LogP contribution in [0.3, 0.4) is 0 Å². The SMILES string of the molecule is CCCC1(CCC)CCN=C=C(C2=C(N)CN(C3CCCCC3)CC2)CC1. The molecule has 2 N–H and O–H groups in total. The van der Waals surface area contributed by atoms with Crippen LogP contribution in [0.4, 0.5) is 0 Å². The van der Waals surface area contributed by atoms with Gasteiger partial charge in [0.05, 0.1) is 0 Å². The van der Waals surface area contributed by atoms with Crippen LogP contribution in [-0.4, -0.2) is 36.4 Å². The van der Waals surface area contributed by atoms with Gasteiger partial charge in [0.25, 0.3) is 0 Å². The molecule has 3 aliphatic rings. The molecule has 1 fully saturated rings. The van der Waals surface area contributed by atoms with E-state index in [0.29, 0.717) is 5.41 Å². The molecular formula is C24H41N3. The summed E-state index contributed by atoms with van der Waals surface area (Å²) >= 11 is 0. The van der Waals surface area contributed by atoms with Crippen molar-refractivity contribution in [2.45, 2.75) is 103 Å². The van der Waals surface area contributed by atoms with Crippen molar-refractivity contribution in [2.75, 3.05) is 19.6 Å². The normalized spacial score (nSPS) is 25.2. The number of hydrogen-bond donors (Lipinski definition) is 1. The zero-order chi connectivity index (χ0) is 19.1. The predicted molar refractivity (Wildman–Crippen MR) is 116 cm³/mol. The van der Waals surface area contributed by atoms with Crippen molar-refractivity contribution in [3.05, 3.63) is 16.8 Å². The molecule has 27 heavy (non-hydrogen) atoms. The lowest BCUT2D eigenvalue weighted by atomic mass is 9.71. The van der Waals surface area contributed by atoms with Crippen molar-refractivity contribution in [1.82, 2.24) is 4.90 Å². The van der Waals surface area contributed by atoms with Gasteiger partial charge in [-0.25, -0.2) is 4.99 Å². The fourth-order valence-electron chi connectivity index (χ4n) is 5.83. The Balaban J connectivity index is 1.70. The molecule has 0 unspecified atom stereocenters. The summed E-state index contributed by atoms with van der Waals surface area (Å²) in [5.74, 6) is 3.42. The molecule has 0 spiro atoms. The van der Waals surface area contributed by atoms with Gasteiger partial charge < -0.3 is 5.73 Å². The molecule has 3 rings (SSSR count). The van der Waals surface area contributed by atoms with Crippen molar-refractivity contribution in [2.24, 2.45) is 16.1 Å². The number of allylic oxidation sites excluding steroid dienone is 1. The van der Waals surface area contributed by atoms with Gasteiger partial charge in [0.15, 0.2) is 0 Å². The molecule has 0 aromatic rings. The van der Waals surface area contributed by atoms with Crippen molar-refractivity contribution < 1.29 is 0 Å². The molecule has 0 radical (unpaired) electrons. The maximum atomic E-state index is 6.62. The molecule has 0 bridgehead atoms. The highest BCUT2D eigenvalue weighted by molar-refractivity contribution is 5.66. The van der Waals surface area contributed by atoms with E-state index in [1.54, 1.807) is 0 Å². The number of aliphatic imine (C=N–C) groups is 1. The average molecular weight is 372 g/mol. The van der Waals surface area contributed by atoms with Crippen LogP contribution in [0, 0.1) is 5.41 Å². The van der Waals surface area contributed by atoms with Crippen LogP contribution >= 0.6 is 0 Å². The fraction of sp³-hybridized carbons (Fsp3) is 0.833. The van der Waals surface area contributed by atoms with Crippen LogP contribution in [0.2, 0.25) is 0 Å². The molecule has 0 aromatic carbocycles. The minimum Gasteiger partial charge on any atom is -0.401 e. The van der Waals surface area contributed by atoms with E-state index in [1.807, 2.05) is 0 Å². The first-order valence-electron chi connectivity index (χ1n) is 11.7. The molecule has 0 atom stereocenters. The Bertz CT molecular complexity index is 570. The zero-order valence-corrected chi connectivity index (χ0v) is 17.9. The highest BCUT2D eigenvalue weighted by Gasteiger charge is 2.31. The lowest BCUT2D eigenvalue weighted by Gasteiger charge is -2.38. The predicted octanol–water partition coefficient (Wildman–Crippen LogP) is 5.60. The number of nitrogens with two attached hydrogens (primary N) is 1. The van der Waals surface area contributed by atoms with E-state index in [0.717, 1.165) is 37.7 Å². The van der Waals surface area contributed by atoms with Crippen molar-refractivity contribution in [3.8, 4) is 0 Å². The summed E-state index contributed by atoms with van der Waals surface area (Å²) < 4.78 is 0. The molecule has 1 aliphatic carbocycles. The molecular weight excluding hydrogens is 330 g/mol. The summed E-state index contributed by atoms with van der Waals surface area (Å²) in [7, 11) is 0. The molecule has 1 saturated carbocycles. The molecule has 0 aromatic heterocycles.